The van der Waals surface area contributed by atoms with E-state index in [9.17, 15) is 13.2 Å². The highest BCUT2D eigenvalue weighted by Crippen LogP contribution is 2.49. The molecule has 4 rings (SSSR count). The van der Waals surface area contributed by atoms with Crippen molar-refractivity contribution >= 4 is 11.6 Å². The van der Waals surface area contributed by atoms with E-state index in [0.29, 0.717) is 22.4 Å². The summed E-state index contributed by atoms with van der Waals surface area (Å²) >= 11 is 0. The van der Waals surface area contributed by atoms with Gasteiger partial charge in [-0.15, -0.1) is 0 Å². The highest BCUT2D eigenvalue weighted by atomic mass is 19.4. The van der Waals surface area contributed by atoms with Gasteiger partial charge in [0.1, 0.15) is 0 Å². The number of ether oxygens (including phenoxy) is 1. The molecule has 1 heterocycles. The third-order valence-electron chi connectivity index (χ3n) is 4.54. The van der Waals surface area contributed by atoms with Crippen LogP contribution in [0.5, 0.6) is 0 Å². The molecule has 3 aromatic carbocycles. The summed E-state index contributed by atoms with van der Waals surface area (Å²) in [4.78, 5) is 4.49. The van der Waals surface area contributed by atoms with Crippen LogP contribution in [-0.4, -0.2) is 12.1 Å². The lowest BCUT2D eigenvalue weighted by Crippen LogP contribution is -2.40. The molecule has 1 aliphatic rings. The minimum Gasteiger partial charge on any atom is -0.460 e. The fraction of sp³-hybridized carbons (Fsp3) is 0.136. The van der Waals surface area contributed by atoms with E-state index in [0.717, 1.165) is 0 Å². The predicted octanol–water partition coefficient (Wildman–Crippen LogP) is 5.99. The molecule has 0 N–H and O–H groups in total. The first-order valence-electron chi connectivity index (χ1n) is 8.53. The van der Waals surface area contributed by atoms with Gasteiger partial charge in [0.15, 0.2) is 5.60 Å². The highest BCUT2D eigenvalue weighted by Gasteiger charge is 2.50. The number of alkyl halides is 3. The molecule has 0 amide bonds. The molecule has 0 bridgehead atoms. The lowest BCUT2D eigenvalue weighted by Gasteiger charge is -2.39. The van der Waals surface area contributed by atoms with E-state index >= 15 is 0 Å². The second kappa shape index (κ2) is 6.58. The van der Waals surface area contributed by atoms with Gasteiger partial charge in [-0.25, -0.2) is 4.99 Å². The van der Waals surface area contributed by atoms with Gasteiger partial charge >= 0.3 is 6.18 Å². The molecule has 0 unspecified atom stereocenters. The molecule has 2 nitrogen and oxygen atoms in total. The van der Waals surface area contributed by atoms with Crippen molar-refractivity contribution in [3.63, 3.8) is 0 Å². The fourth-order valence-corrected chi connectivity index (χ4v) is 3.41. The Kier molecular flexibility index (Phi) is 4.22. The first kappa shape index (κ1) is 17.3. The Morgan fingerprint density at radius 3 is 2.04 bits per heavy atom. The lowest BCUT2D eigenvalue weighted by atomic mass is 9.81. The lowest BCUT2D eigenvalue weighted by molar-refractivity contribution is -0.167. The molecule has 0 saturated carbocycles. The maximum absolute atomic E-state index is 13.7. The van der Waals surface area contributed by atoms with E-state index in [1.165, 1.54) is 0 Å². The molecule has 3 aromatic rings. The normalized spacial score (nSPS) is 19.0. The van der Waals surface area contributed by atoms with E-state index < -0.39 is 18.2 Å². The van der Waals surface area contributed by atoms with Crippen LogP contribution in [0.25, 0.3) is 0 Å². The Labute approximate surface area is 155 Å². The molecule has 0 aliphatic carbocycles. The maximum Gasteiger partial charge on any atom is 0.393 e. The van der Waals surface area contributed by atoms with E-state index in [2.05, 4.69) is 4.99 Å². The zero-order chi connectivity index (χ0) is 18.9. The van der Waals surface area contributed by atoms with Gasteiger partial charge in [-0.2, -0.15) is 13.2 Å². The van der Waals surface area contributed by atoms with Crippen molar-refractivity contribution in [1.29, 1.82) is 0 Å². The van der Waals surface area contributed by atoms with Gasteiger partial charge in [-0.3, -0.25) is 0 Å². The van der Waals surface area contributed by atoms with Crippen molar-refractivity contribution in [2.45, 2.75) is 18.2 Å². The molecule has 1 aliphatic heterocycles. The second-order valence-corrected chi connectivity index (χ2v) is 6.39. The van der Waals surface area contributed by atoms with Crippen LogP contribution in [0.2, 0.25) is 0 Å². The topological polar surface area (TPSA) is 21.6 Å². The van der Waals surface area contributed by atoms with Crippen molar-refractivity contribution in [2.75, 3.05) is 0 Å². The van der Waals surface area contributed by atoms with E-state index in [-0.39, 0.29) is 5.90 Å². The Morgan fingerprint density at radius 2 is 1.37 bits per heavy atom. The molecule has 0 fully saturated rings. The van der Waals surface area contributed by atoms with Crippen LogP contribution in [0.1, 0.15) is 23.1 Å². The highest BCUT2D eigenvalue weighted by molar-refractivity contribution is 5.97. The second-order valence-electron chi connectivity index (χ2n) is 6.39. The third-order valence-corrected chi connectivity index (χ3v) is 4.54. The van der Waals surface area contributed by atoms with Gasteiger partial charge in [0.05, 0.1) is 12.1 Å². The molecular formula is C22H16F3NO. The van der Waals surface area contributed by atoms with Gasteiger partial charge in [0, 0.05) is 16.7 Å². The van der Waals surface area contributed by atoms with Crippen molar-refractivity contribution in [2.24, 2.45) is 4.99 Å². The van der Waals surface area contributed by atoms with Gasteiger partial charge in [0.25, 0.3) is 0 Å². The number of hydrogen-bond donors (Lipinski definition) is 0. The van der Waals surface area contributed by atoms with Crippen LogP contribution in [0.3, 0.4) is 0 Å². The summed E-state index contributed by atoms with van der Waals surface area (Å²) < 4.78 is 47.1. The van der Waals surface area contributed by atoms with E-state index in [1.54, 1.807) is 78.9 Å². The van der Waals surface area contributed by atoms with E-state index in [1.807, 2.05) is 6.07 Å². The van der Waals surface area contributed by atoms with Crippen LogP contribution in [0.15, 0.2) is 89.9 Å². The summed E-state index contributed by atoms with van der Waals surface area (Å²) in [7, 11) is 0. The largest absolute Gasteiger partial charge is 0.460 e. The number of hydrogen-bond acceptors (Lipinski definition) is 2. The molecular weight excluding hydrogens is 351 g/mol. The Balaban J connectivity index is 1.96. The minimum absolute atomic E-state index is 0.183. The maximum atomic E-state index is 13.7. The van der Waals surface area contributed by atoms with Crippen molar-refractivity contribution in [1.82, 2.24) is 0 Å². The number of benzene rings is 3. The number of fused-ring (bicyclic) bond motifs is 1. The van der Waals surface area contributed by atoms with Gasteiger partial charge in [-0.1, -0.05) is 66.7 Å². The Morgan fingerprint density at radius 1 is 0.778 bits per heavy atom. The third kappa shape index (κ3) is 3.33. The van der Waals surface area contributed by atoms with Crippen molar-refractivity contribution in [3.8, 4) is 0 Å². The molecule has 0 radical (unpaired) electrons. The summed E-state index contributed by atoms with van der Waals surface area (Å²) in [6.45, 7) is 0. The standard InChI is InChI=1S/C22H16F3NO/c23-22(24,25)15-21(17-11-5-2-6-12-17)18-13-7-8-14-19(18)26-20(27-21)16-9-3-1-4-10-16/h1-14H,15H2/t21-/m0/s1. The smallest absolute Gasteiger partial charge is 0.393 e. The van der Waals surface area contributed by atoms with Gasteiger partial charge in [-0.05, 0) is 18.2 Å². The number of aliphatic imine (C=N–C) groups is 1. The molecule has 0 aromatic heterocycles. The molecule has 0 saturated heterocycles. The van der Waals surface area contributed by atoms with Crippen LogP contribution >= 0.6 is 0 Å². The minimum atomic E-state index is -4.43. The molecule has 136 valence electrons. The summed E-state index contributed by atoms with van der Waals surface area (Å²) in [5, 5.41) is 0. The SMILES string of the molecule is FC(F)(F)C[C@@]1(c2ccccc2)OC(c2ccccc2)=Nc2ccccc21. The first-order chi connectivity index (χ1) is 13.0. The van der Waals surface area contributed by atoms with Crippen LogP contribution in [-0.2, 0) is 10.3 Å². The van der Waals surface area contributed by atoms with Crippen LogP contribution < -0.4 is 0 Å². The number of para-hydroxylation sites is 1. The number of nitrogens with zero attached hydrogens (tertiary/aromatic N) is 1. The average Bonchev–Trinajstić information content (AvgIpc) is 2.68. The molecule has 1 atom stereocenters. The van der Waals surface area contributed by atoms with Gasteiger partial charge in [0.2, 0.25) is 5.90 Å². The van der Waals surface area contributed by atoms with E-state index in [4.69, 9.17) is 4.74 Å². The van der Waals surface area contributed by atoms with Crippen molar-refractivity contribution < 1.29 is 17.9 Å². The molecule has 0 spiro atoms. The Hall–Kier alpha value is -3.08. The molecule has 5 heteroatoms. The Bertz CT molecular complexity index is 968. The van der Waals surface area contributed by atoms with Crippen LogP contribution in [0, 0.1) is 0 Å². The number of halogens is 3. The zero-order valence-corrected chi connectivity index (χ0v) is 14.3. The number of rotatable bonds is 3. The fourth-order valence-electron chi connectivity index (χ4n) is 3.41. The summed E-state index contributed by atoms with van der Waals surface area (Å²) in [6, 6.07) is 24.4. The summed E-state index contributed by atoms with van der Waals surface area (Å²) in [6.07, 6.45) is -5.57. The predicted molar refractivity (Wildman–Crippen MR) is 98.1 cm³/mol. The van der Waals surface area contributed by atoms with Gasteiger partial charge < -0.3 is 4.74 Å². The van der Waals surface area contributed by atoms with Crippen LogP contribution in [0.4, 0.5) is 18.9 Å². The quantitative estimate of drug-likeness (QED) is 0.557. The summed E-state index contributed by atoms with van der Waals surface area (Å²) in [5.74, 6) is 0.183. The zero-order valence-electron chi connectivity index (χ0n) is 14.3. The average molecular weight is 367 g/mol. The first-order valence-corrected chi connectivity index (χ1v) is 8.53. The monoisotopic (exact) mass is 367 g/mol. The summed E-state index contributed by atoms with van der Waals surface area (Å²) in [5.41, 5.74) is 0.278. The molecule has 27 heavy (non-hydrogen) atoms. The van der Waals surface area contributed by atoms with Crippen molar-refractivity contribution in [3.05, 3.63) is 102 Å².